The molecule has 2 aromatic rings. The first kappa shape index (κ1) is 19.3. The van der Waals surface area contributed by atoms with Gasteiger partial charge < -0.3 is 9.30 Å². The summed E-state index contributed by atoms with van der Waals surface area (Å²) in [5.74, 6) is 0.960. The van der Waals surface area contributed by atoms with Crippen LogP contribution in [-0.4, -0.2) is 48.2 Å². The molecule has 0 unspecified atom stereocenters. The predicted molar refractivity (Wildman–Crippen MR) is 101 cm³/mol. The normalized spacial score (nSPS) is 22.2. The molecule has 0 radical (unpaired) electrons. The average Bonchev–Trinajstić information content (AvgIpc) is 2.87. The number of nitrogens with zero attached hydrogens (tertiary/aromatic N) is 3. The standard InChI is InChI=1S/C18H28N4O3S/c1-4-5-8-22-17-7-6-15(26(19,23)24)9-16(17)20-18(22)12-21-10-13(2)25-14(3)11-21/h6-7,9,13-14H,4-5,8,10-12H2,1-3H3,(H2,19,23,24)/t13-,14+. The van der Waals surface area contributed by atoms with Crippen LogP contribution in [-0.2, 0) is 27.8 Å². The Bertz CT molecular complexity index is 868. The highest BCUT2D eigenvalue weighted by molar-refractivity contribution is 7.89. The van der Waals surface area contributed by atoms with Crippen molar-refractivity contribution in [3.63, 3.8) is 0 Å². The van der Waals surface area contributed by atoms with E-state index < -0.39 is 10.0 Å². The molecule has 0 saturated carbocycles. The predicted octanol–water partition coefficient (Wildman–Crippen LogP) is 2.09. The van der Waals surface area contributed by atoms with Crippen LogP contribution in [0.3, 0.4) is 0 Å². The lowest BCUT2D eigenvalue weighted by Crippen LogP contribution is -2.45. The van der Waals surface area contributed by atoms with E-state index in [9.17, 15) is 8.42 Å². The number of unbranched alkanes of at least 4 members (excludes halogenated alkanes) is 1. The molecule has 1 aromatic carbocycles. The van der Waals surface area contributed by atoms with Crippen LogP contribution in [0.4, 0.5) is 0 Å². The van der Waals surface area contributed by atoms with Gasteiger partial charge in [-0.05, 0) is 38.5 Å². The monoisotopic (exact) mass is 380 g/mol. The van der Waals surface area contributed by atoms with Gasteiger partial charge in [-0.2, -0.15) is 0 Å². The lowest BCUT2D eigenvalue weighted by atomic mass is 10.2. The number of rotatable bonds is 6. The first-order valence-corrected chi connectivity index (χ1v) is 10.7. The van der Waals surface area contributed by atoms with Crippen molar-refractivity contribution in [2.75, 3.05) is 13.1 Å². The second-order valence-electron chi connectivity index (χ2n) is 7.18. The Labute approximate surface area is 155 Å². The Balaban J connectivity index is 1.96. The van der Waals surface area contributed by atoms with Gasteiger partial charge in [0, 0.05) is 19.6 Å². The highest BCUT2D eigenvalue weighted by Crippen LogP contribution is 2.23. The minimum atomic E-state index is -3.73. The van der Waals surface area contributed by atoms with E-state index in [2.05, 4.69) is 30.2 Å². The highest BCUT2D eigenvalue weighted by atomic mass is 32.2. The lowest BCUT2D eigenvalue weighted by Gasteiger charge is -2.35. The van der Waals surface area contributed by atoms with Gasteiger partial charge in [0.25, 0.3) is 0 Å². The summed E-state index contributed by atoms with van der Waals surface area (Å²) in [5, 5.41) is 5.27. The summed E-state index contributed by atoms with van der Waals surface area (Å²) in [4.78, 5) is 7.20. The van der Waals surface area contributed by atoms with E-state index in [0.29, 0.717) is 5.52 Å². The van der Waals surface area contributed by atoms with Gasteiger partial charge >= 0.3 is 0 Å². The first-order valence-electron chi connectivity index (χ1n) is 9.17. The molecule has 1 aliphatic rings. The molecular weight excluding hydrogens is 352 g/mol. The number of primary sulfonamides is 1. The molecule has 1 fully saturated rings. The van der Waals surface area contributed by atoms with Gasteiger partial charge in [-0.1, -0.05) is 13.3 Å². The van der Waals surface area contributed by atoms with E-state index in [1.165, 1.54) is 0 Å². The fraction of sp³-hybridized carbons (Fsp3) is 0.611. The van der Waals surface area contributed by atoms with Crippen molar-refractivity contribution in [3.8, 4) is 0 Å². The maximum Gasteiger partial charge on any atom is 0.238 e. The van der Waals surface area contributed by atoms with Gasteiger partial charge in [0.1, 0.15) is 5.82 Å². The highest BCUT2D eigenvalue weighted by Gasteiger charge is 2.24. The number of nitrogens with two attached hydrogens (primary N) is 1. The number of aryl methyl sites for hydroxylation is 1. The molecule has 26 heavy (non-hydrogen) atoms. The summed E-state index contributed by atoms with van der Waals surface area (Å²) in [6.45, 7) is 9.65. The van der Waals surface area contributed by atoms with Crippen LogP contribution in [0.25, 0.3) is 11.0 Å². The van der Waals surface area contributed by atoms with E-state index in [1.54, 1.807) is 12.1 Å². The molecule has 3 rings (SSSR count). The van der Waals surface area contributed by atoms with Gasteiger partial charge in [-0.15, -0.1) is 0 Å². The molecule has 0 amide bonds. The van der Waals surface area contributed by atoms with E-state index in [-0.39, 0.29) is 17.1 Å². The SMILES string of the molecule is CCCCn1c(CN2C[C@@H](C)O[C@@H](C)C2)nc2cc(S(N)(=O)=O)ccc21. The van der Waals surface area contributed by atoms with Gasteiger partial charge in [0.2, 0.25) is 10.0 Å². The first-order chi connectivity index (χ1) is 12.3. The fourth-order valence-electron chi connectivity index (χ4n) is 3.64. The van der Waals surface area contributed by atoms with Gasteiger partial charge in [0.05, 0.1) is 34.7 Å². The average molecular weight is 381 g/mol. The van der Waals surface area contributed by atoms with Crippen molar-refractivity contribution in [1.82, 2.24) is 14.5 Å². The molecule has 1 saturated heterocycles. The largest absolute Gasteiger partial charge is 0.373 e. The van der Waals surface area contributed by atoms with Crippen LogP contribution in [0.1, 0.15) is 39.4 Å². The topological polar surface area (TPSA) is 90.4 Å². The third kappa shape index (κ3) is 4.25. The molecular formula is C18H28N4O3S. The van der Waals surface area contributed by atoms with Crippen LogP contribution in [0.5, 0.6) is 0 Å². The third-order valence-electron chi connectivity index (χ3n) is 4.72. The molecule has 0 spiro atoms. The lowest BCUT2D eigenvalue weighted by molar-refractivity contribution is -0.0712. The molecule has 1 aromatic heterocycles. The number of hydrogen-bond donors (Lipinski definition) is 1. The quantitative estimate of drug-likeness (QED) is 0.829. The minimum absolute atomic E-state index is 0.102. The number of fused-ring (bicyclic) bond motifs is 1. The van der Waals surface area contributed by atoms with Crippen molar-refractivity contribution in [2.45, 2.75) is 63.8 Å². The molecule has 0 bridgehead atoms. The van der Waals surface area contributed by atoms with Gasteiger partial charge in [-0.25, -0.2) is 18.5 Å². The Morgan fingerprint density at radius 1 is 1.27 bits per heavy atom. The zero-order chi connectivity index (χ0) is 18.9. The van der Waals surface area contributed by atoms with Crippen molar-refractivity contribution < 1.29 is 13.2 Å². The molecule has 2 heterocycles. The van der Waals surface area contributed by atoms with E-state index >= 15 is 0 Å². The Kier molecular flexibility index (Phi) is 5.67. The molecule has 2 atom stereocenters. The van der Waals surface area contributed by atoms with Crippen LogP contribution < -0.4 is 5.14 Å². The number of aromatic nitrogens is 2. The number of morpholine rings is 1. The van der Waals surface area contributed by atoms with E-state index in [1.807, 2.05) is 6.07 Å². The Hall–Kier alpha value is -1.48. The van der Waals surface area contributed by atoms with E-state index in [4.69, 9.17) is 14.9 Å². The van der Waals surface area contributed by atoms with Crippen LogP contribution in [0, 0.1) is 0 Å². The van der Waals surface area contributed by atoms with Crippen molar-refractivity contribution in [2.24, 2.45) is 5.14 Å². The number of benzene rings is 1. The third-order valence-corrected chi connectivity index (χ3v) is 5.63. The number of imidazole rings is 1. The molecule has 1 aliphatic heterocycles. The zero-order valence-electron chi connectivity index (χ0n) is 15.7. The Morgan fingerprint density at radius 2 is 1.96 bits per heavy atom. The number of ether oxygens (including phenoxy) is 1. The summed E-state index contributed by atoms with van der Waals surface area (Å²) in [6, 6.07) is 4.94. The minimum Gasteiger partial charge on any atom is -0.373 e. The van der Waals surface area contributed by atoms with Crippen LogP contribution in [0.15, 0.2) is 23.1 Å². The second-order valence-corrected chi connectivity index (χ2v) is 8.74. The molecule has 7 nitrogen and oxygen atoms in total. The van der Waals surface area contributed by atoms with Crippen molar-refractivity contribution in [1.29, 1.82) is 0 Å². The summed E-state index contributed by atoms with van der Waals surface area (Å²) in [5.41, 5.74) is 1.63. The fourth-order valence-corrected chi connectivity index (χ4v) is 4.17. The summed E-state index contributed by atoms with van der Waals surface area (Å²) >= 11 is 0. The molecule has 144 valence electrons. The van der Waals surface area contributed by atoms with E-state index in [0.717, 1.165) is 50.4 Å². The number of hydrogen-bond acceptors (Lipinski definition) is 5. The van der Waals surface area contributed by atoms with Gasteiger partial charge in [0.15, 0.2) is 0 Å². The Morgan fingerprint density at radius 3 is 2.58 bits per heavy atom. The second kappa shape index (κ2) is 7.64. The van der Waals surface area contributed by atoms with Crippen LogP contribution >= 0.6 is 0 Å². The number of sulfonamides is 1. The van der Waals surface area contributed by atoms with Crippen molar-refractivity contribution >= 4 is 21.1 Å². The maximum atomic E-state index is 11.7. The molecule has 2 N–H and O–H groups in total. The maximum absolute atomic E-state index is 11.7. The summed E-state index contributed by atoms with van der Waals surface area (Å²) in [6.07, 6.45) is 2.52. The smallest absolute Gasteiger partial charge is 0.238 e. The summed E-state index contributed by atoms with van der Waals surface area (Å²) < 4.78 is 31.3. The van der Waals surface area contributed by atoms with Crippen LogP contribution in [0.2, 0.25) is 0 Å². The zero-order valence-corrected chi connectivity index (χ0v) is 16.5. The van der Waals surface area contributed by atoms with Crippen molar-refractivity contribution in [3.05, 3.63) is 24.0 Å². The summed E-state index contributed by atoms with van der Waals surface area (Å²) in [7, 11) is -3.73. The molecule has 0 aliphatic carbocycles. The van der Waals surface area contributed by atoms with Gasteiger partial charge in [-0.3, -0.25) is 4.90 Å². The molecule has 8 heteroatoms.